The minimum Gasteiger partial charge on any atom is -0.341 e. The second-order valence-corrected chi connectivity index (χ2v) is 8.13. The lowest BCUT2D eigenvalue weighted by Gasteiger charge is -2.40. The maximum absolute atomic E-state index is 12.0. The third kappa shape index (κ3) is 3.60. The van der Waals surface area contributed by atoms with Crippen LogP contribution in [0.15, 0.2) is 30.3 Å². The molecule has 1 fully saturated rings. The van der Waals surface area contributed by atoms with Gasteiger partial charge in [-0.15, -0.1) is 0 Å². The van der Waals surface area contributed by atoms with Gasteiger partial charge in [-0.2, -0.15) is 0 Å². The van der Waals surface area contributed by atoms with Crippen LogP contribution in [0.25, 0.3) is 0 Å². The van der Waals surface area contributed by atoms with Gasteiger partial charge in [0.1, 0.15) is 9.84 Å². The van der Waals surface area contributed by atoms with Crippen molar-refractivity contribution in [2.45, 2.75) is 25.2 Å². The van der Waals surface area contributed by atoms with Crippen molar-refractivity contribution in [3.8, 4) is 0 Å². The molecule has 0 bridgehead atoms. The summed E-state index contributed by atoms with van der Waals surface area (Å²) in [5, 5.41) is 0. The number of likely N-dealkylation sites (tertiary alicyclic amines) is 1. The zero-order valence-corrected chi connectivity index (χ0v) is 12.8. The molecule has 2 rings (SSSR count). The van der Waals surface area contributed by atoms with E-state index in [0.717, 1.165) is 6.42 Å². The molecule has 1 aliphatic rings. The predicted molar refractivity (Wildman–Crippen MR) is 79.3 cm³/mol. The summed E-state index contributed by atoms with van der Waals surface area (Å²) in [6.07, 6.45) is 2.50. The van der Waals surface area contributed by atoms with Crippen molar-refractivity contribution < 1.29 is 13.2 Å². The fourth-order valence-corrected chi connectivity index (χ4v) is 3.24. The van der Waals surface area contributed by atoms with Crippen LogP contribution >= 0.6 is 0 Å². The first-order valence-electron chi connectivity index (χ1n) is 6.81. The van der Waals surface area contributed by atoms with Crippen molar-refractivity contribution in [1.29, 1.82) is 0 Å². The van der Waals surface area contributed by atoms with E-state index in [9.17, 15) is 13.2 Å². The van der Waals surface area contributed by atoms with Gasteiger partial charge in [0, 0.05) is 31.2 Å². The van der Waals surface area contributed by atoms with E-state index in [1.807, 2.05) is 18.2 Å². The largest absolute Gasteiger partial charge is 0.341 e. The Hall–Kier alpha value is -1.36. The average molecular weight is 295 g/mol. The van der Waals surface area contributed by atoms with Crippen LogP contribution in [-0.2, 0) is 20.0 Å². The summed E-state index contributed by atoms with van der Waals surface area (Å²) in [6.45, 7) is 3.02. The number of amides is 1. The van der Waals surface area contributed by atoms with Crippen molar-refractivity contribution in [2.75, 3.05) is 25.1 Å². The molecular weight excluding hydrogens is 274 g/mol. The lowest BCUT2D eigenvalue weighted by molar-refractivity contribution is -0.135. The summed E-state index contributed by atoms with van der Waals surface area (Å²) in [6, 6.07) is 10.1. The van der Waals surface area contributed by atoms with Gasteiger partial charge in [0.05, 0.1) is 5.75 Å². The highest BCUT2D eigenvalue weighted by atomic mass is 32.2. The van der Waals surface area contributed by atoms with Crippen molar-refractivity contribution in [3.63, 3.8) is 0 Å². The monoisotopic (exact) mass is 295 g/mol. The topological polar surface area (TPSA) is 54.5 Å². The van der Waals surface area contributed by atoms with Gasteiger partial charge in [0.15, 0.2) is 0 Å². The standard InChI is InChI=1S/C15H21NO3S/c1-15(13-6-4-3-5-7-13)9-8-14(17)16(12-15)10-11-20(2,18)19/h3-7H,8-12H2,1-2H3/t15-/m0/s1. The number of hydrogen-bond acceptors (Lipinski definition) is 3. The Morgan fingerprint density at radius 2 is 1.90 bits per heavy atom. The number of nitrogens with zero attached hydrogens (tertiary/aromatic N) is 1. The SMILES string of the molecule is C[C@]1(c2ccccc2)CCC(=O)N(CCS(C)(=O)=O)C1. The molecule has 0 N–H and O–H groups in total. The minimum atomic E-state index is -3.04. The van der Waals surface area contributed by atoms with Crippen molar-refractivity contribution >= 4 is 15.7 Å². The van der Waals surface area contributed by atoms with Crippen LogP contribution in [0.5, 0.6) is 0 Å². The van der Waals surface area contributed by atoms with E-state index in [4.69, 9.17) is 0 Å². The first kappa shape index (κ1) is 15.0. The molecule has 1 aromatic rings. The number of rotatable bonds is 4. The summed E-state index contributed by atoms with van der Waals surface area (Å²) in [4.78, 5) is 13.7. The number of sulfone groups is 1. The van der Waals surface area contributed by atoms with Crippen molar-refractivity contribution in [1.82, 2.24) is 4.90 Å². The molecule has 0 unspecified atom stereocenters. The van der Waals surface area contributed by atoms with E-state index < -0.39 is 9.84 Å². The number of carbonyl (C=O) groups is 1. The molecular formula is C15H21NO3S. The number of carbonyl (C=O) groups excluding carboxylic acids is 1. The molecule has 0 aliphatic carbocycles. The lowest BCUT2D eigenvalue weighted by Crippen LogP contribution is -2.48. The Morgan fingerprint density at radius 3 is 2.50 bits per heavy atom. The van der Waals surface area contributed by atoms with Crippen LogP contribution in [0.2, 0.25) is 0 Å². The second-order valence-electron chi connectivity index (χ2n) is 5.87. The van der Waals surface area contributed by atoms with Crippen LogP contribution in [0.1, 0.15) is 25.3 Å². The van der Waals surface area contributed by atoms with Gasteiger partial charge in [-0.3, -0.25) is 4.79 Å². The number of hydrogen-bond donors (Lipinski definition) is 0. The highest BCUT2D eigenvalue weighted by Gasteiger charge is 2.36. The highest BCUT2D eigenvalue weighted by Crippen LogP contribution is 2.33. The maximum Gasteiger partial charge on any atom is 0.222 e. The van der Waals surface area contributed by atoms with Gasteiger partial charge in [-0.05, 0) is 12.0 Å². The van der Waals surface area contributed by atoms with Crippen LogP contribution in [0, 0.1) is 0 Å². The third-order valence-electron chi connectivity index (χ3n) is 3.99. The van der Waals surface area contributed by atoms with E-state index in [1.54, 1.807) is 4.90 Å². The molecule has 0 radical (unpaired) electrons. The van der Waals surface area contributed by atoms with E-state index in [1.165, 1.54) is 11.8 Å². The minimum absolute atomic E-state index is 0.0314. The third-order valence-corrected chi connectivity index (χ3v) is 4.91. The summed E-state index contributed by atoms with van der Waals surface area (Å²) in [5.41, 5.74) is 1.11. The molecule has 0 aromatic heterocycles. The maximum atomic E-state index is 12.0. The van der Waals surface area contributed by atoms with Crippen LogP contribution in [0.3, 0.4) is 0 Å². The summed E-state index contributed by atoms with van der Waals surface area (Å²) >= 11 is 0. The number of piperidine rings is 1. The molecule has 0 saturated carbocycles. The molecule has 110 valence electrons. The molecule has 1 amide bonds. The second kappa shape index (κ2) is 5.56. The van der Waals surface area contributed by atoms with Gasteiger partial charge >= 0.3 is 0 Å². The van der Waals surface area contributed by atoms with Gasteiger partial charge < -0.3 is 4.90 Å². The first-order chi connectivity index (χ1) is 9.30. The zero-order valence-electron chi connectivity index (χ0n) is 12.0. The fourth-order valence-electron chi connectivity index (χ4n) is 2.69. The predicted octanol–water partition coefficient (Wildman–Crippen LogP) is 1.61. The quantitative estimate of drug-likeness (QED) is 0.848. The summed E-state index contributed by atoms with van der Waals surface area (Å²) < 4.78 is 22.5. The summed E-state index contributed by atoms with van der Waals surface area (Å²) in [5.74, 6) is 0.0888. The Balaban J connectivity index is 2.13. The molecule has 1 aromatic carbocycles. The molecule has 5 heteroatoms. The zero-order chi connectivity index (χ0) is 14.8. The van der Waals surface area contributed by atoms with Gasteiger partial charge in [-0.25, -0.2) is 8.42 Å². The Morgan fingerprint density at radius 1 is 1.25 bits per heavy atom. The average Bonchev–Trinajstić information content (AvgIpc) is 2.40. The Kier molecular flexibility index (Phi) is 4.18. The van der Waals surface area contributed by atoms with Gasteiger partial charge in [0.25, 0.3) is 0 Å². The molecule has 1 atom stereocenters. The number of benzene rings is 1. The van der Waals surface area contributed by atoms with Crippen LogP contribution in [0.4, 0.5) is 0 Å². The Labute approximate surface area is 120 Å². The molecule has 1 aliphatic heterocycles. The van der Waals surface area contributed by atoms with Gasteiger partial charge in [-0.1, -0.05) is 37.3 Å². The lowest BCUT2D eigenvalue weighted by atomic mass is 9.76. The fraction of sp³-hybridized carbons (Fsp3) is 0.533. The van der Waals surface area contributed by atoms with E-state index in [2.05, 4.69) is 19.1 Å². The van der Waals surface area contributed by atoms with Gasteiger partial charge in [0.2, 0.25) is 5.91 Å². The normalized spacial score (nSPS) is 23.9. The molecule has 4 nitrogen and oxygen atoms in total. The smallest absolute Gasteiger partial charge is 0.222 e. The van der Waals surface area contributed by atoms with Crippen molar-refractivity contribution in [3.05, 3.63) is 35.9 Å². The highest BCUT2D eigenvalue weighted by molar-refractivity contribution is 7.90. The van der Waals surface area contributed by atoms with Crippen LogP contribution in [-0.4, -0.2) is 44.3 Å². The first-order valence-corrected chi connectivity index (χ1v) is 8.87. The molecule has 20 heavy (non-hydrogen) atoms. The Bertz CT molecular complexity index is 582. The van der Waals surface area contributed by atoms with Crippen molar-refractivity contribution in [2.24, 2.45) is 0 Å². The summed E-state index contributed by atoms with van der Waals surface area (Å²) in [7, 11) is -3.04. The molecule has 0 spiro atoms. The van der Waals surface area contributed by atoms with E-state index in [-0.39, 0.29) is 17.1 Å². The molecule has 1 saturated heterocycles. The van der Waals surface area contributed by atoms with E-state index in [0.29, 0.717) is 19.5 Å². The van der Waals surface area contributed by atoms with Crippen LogP contribution < -0.4 is 0 Å². The van der Waals surface area contributed by atoms with E-state index >= 15 is 0 Å². The molecule has 1 heterocycles.